The maximum atomic E-state index is 9.97. The zero-order valence-electron chi connectivity index (χ0n) is 10.4. The lowest BCUT2D eigenvalue weighted by atomic mass is 9.94. The second-order valence-electron chi connectivity index (χ2n) is 4.53. The molecule has 17 heavy (non-hydrogen) atoms. The van der Waals surface area contributed by atoms with E-state index in [-0.39, 0.29) is 5.75 Å². The van der Waals surface area contributed by atoms with Crippen LogP contribution in [0, 0.1) is 20.8 Å². The zero-order valence-corrected chi connectivity index (χ0v) is 10.4. The molecule has 0 aliphatic carbocycles. The van der Waals surface area contributed by atoms with Gasteiger partial charge in [0.2, 0.25) is 0 Å². The van der Waals surface area contributed by atoms with Crippen molar-refractivity contribution in [3.05, 3.63) is 47.0 Å². The van der Waals surface area contributed by atoms with Crippen LogP contribution in [0.4, 0.5) is 5.69 Å². The molecular formula is C15H17NO. The van der Waals surface area contributed by atoms with E-state index in [0.717, 1.165) is 11.1 Å². The van der Waals surface area contributed by atoms with Crippen LogP contribution in [-0.4, -0.2) is 5.11 Å². The SMILES string of the molecule is Cc1cc(C)c(C)c(-c2ccc(N)cc2O)c1. The monoisotopic (exact) mass is 227 g/mol. The van der Waals surface area contributed by atoms with Crippen molar-refractivity contribution >= 4 is 5.69 Å². The molecule has 0 saturated heterocycles. The molecule has 0 radical (unpaired) electrons. The van der Waals surface area contributed by atoms with Crippen LogP contribution in [0.1, 0.15) is 16.7 Å². The van der Waals surface area contributed by atoms with Gasteiger partial charge in [0.1, 0.15) is 5.75 Å². The van der Waals surface area contributed by atoms with Crippen LogP contribution in [0.2, 0.25) is 0 Å². The van der Waals surface area contributed by atoms with Crippen molar-refractivity contribution in [3.8, 4) is 16.9 Å². The summed E-state index contributed by atoms with van der Waals surface area (Å²) in [5, 5.41) is 9.97. The Morgan fingerprint density at radius 3 is 2.29 bits per heavy atom. The van der Waals surface area contributed by atoms with Gasteiger partial charge in [-0.1, -0.05) is 17.7 Å². The molecule has 0 fully saturated rings. The maximum absolute atomic E-state index is 9.97. The number of nitrogens with two attached hydrogens (primary N) is 1. The summed E-state index contributed by atoms with van der Waals surface area (Å²) < 4.78 is 0. The number of aryl methyl sites for hydroxylation is 2. The highest BCUT2D eigenvalue weighted by molar-refractivity contribution is 5.76. The van der Waals surface area contributed by atoms with Gasteiger partial charge >= 0.3 is 0 Å². The number of phenolic OH excluding ortho intramolecular Hbond substituents is 1. The number of benzene rings is 2. The van der Waals surface area contributed by atoms with Gasteiger partial charge in [0.15, 0.2) is 0 Å². The molecular weight excluding hydrogens is 210 g/mol. The number of nitrogen functional groups attached to an aromatic ring is 1. The molecule has 2 heteroatoms. The average Bonchev–Trinajstić information content (AvgIpc) is 2.24. The van der Waals surface area contributed by atoms with Crippen molar-refractivity contribution in [1.82, 2.24) is 0 Å². The molecule has 0 unspecified atom stereocenters. The summed E-state index contributed by atoms with van der Waals surface area (Å²) in [7, 11) is 0. The first-order valence-electron chi connectivity index (χ1n) is 5.66. The predicted molar refractivity (Wildman–Crippen MR) is 72.2 cm³/mol. The number of hydrogen-bond acceptors (Lipinski definition) is 2. The lowest BCUT2D eigenvalue weighted by Crippen LogP contribution is -1.91. The number of hydrogen-bond donors (Lipinski definition) is 2. The zero-order chi connectivity index (χ0) is 12.6. The van der Waals surface area contributed by atoms with Gasteiger partial charge in [-0.3, -0.25) is 0 Å². The highest BCUT2D eigenvalue weighted by atomic mass is 16.3. The molecule has 0 aliphatic heterocycles. The van der Waals surface area contributed by atoms with E-state index >= 15 is 0 Å². The van der Waals surface area contributed by atoms with Crippen LogP contribution in [0.3, 0.4) is 0 Å². The van der Waals surface area contributed by atoms with E-state index in [0.29, 0.717) is 5.69 Å². The van der Waals surface area contributed by atoms with E-state index in [1.807, 2.05) is 12.1 Å². The van der Waals surface area contributed by atoms with E-state index in [1.54, 1.807) is 6.07 Å². The Kier molecular flexibility index (Phi) is 2.80. The first kappa shape index (κ1) is 11.5. The Hall–Kier alpha value is -1.96. The summed E-state index contributed by atoms with van der Waals surface area (Å²) in [6.07, 6.45) is 0. The summed E-state index contributed by atoms with van der Waals surface area (Å²) in [6, 6.07) is 9.51. The number of aromatic hydroxyl groups is 1. The van der Waals surface area contributed by atoms with E-state index < -0.39 is 0 Å². The minimum Gasteiger partial charge on any atom is -0.507 e. The molecule has 88 valence electrons. The fourth-order valence-corrected chi connectivity index (χ4v) is 2.10. The topological polar surface area (TPSA) is 46.2 Å². The van der Waals surface area contributed by atoms with Gasteiger partial charge in [0.05, 0.1) is 0 Å². The molecule has 0 heterocycles. The average molecular weight is 227 g/mol. The molecule has 0 aromatic heterocycles. The maximum Gasteiger partial charge on any atom is 0.125 e. The lowest BCUT2D eigenvalue weighted by Gasteiger charge is -2.12. The Balaban J connectivity index is 2.68. The van der Waals surface area contributed by atoms with E-state index in [1.165, 1.54) is 16.7 Å². The Labute approximate surface area is 102 Å². The van der Waals surface area contributed by atoms with Gasteiger partial charge in [-0.05, 0) is 49.6 Å². The summed E-state index contributed by atoms with van der Waals surface area (Å²) in [5.41, 5.74) is 11.7. The van der Waals surface area contributed by atoms with Gasteiger partial charge in [-0.15, -0.1) is 0 Å². The Bertz CT molecular complexity index is 573. The molecule has 0 bridgehead atoms. The Morgan fingerprint density at radius 1 is 0.941 bits per heavy atom. The molecule has 2 nitrogen and oxygen atoms in total. The summed E-state index contributed by atoms with van der Waals surface area (Å²) >= 11 is 0. The fraction of sp³-hybridized carbons (Fsp3) is 0.200. The van der Waals surface area contributed by atoms with Crippen molar-refractivity contribution in [1.29, 1.82) is 0 Å². The van der Waals surface area contributed by atoms with Gasteiger partial charge in [-0.25, -0.2) is 0 Å². The normalized spacial score (nSPS) is 10.5. The van der Waals surface area contributed by atoms with Crippen molar-refractivity contribution in [2.45, 2.75) is 20.8 Å². The lowest BCUT2D eigenvalue weighted by molar-refractivity contribution is 0.477. The predicted octanol–water partition coefficient (Wildman–Crippen LogP) is 3.57. The van der Waals surface area contributed by atoms with Crippen LogP contribution < -0.4 is 5.73 Å². The smallest absolute Gasteiger partial charge is 0.125 e. The van der Waals surface area contributed by atoms with Crippen molar-refractivity contribution in [2.24, 2.45) is 0 Å². The van der Waals surface area contributed by atoms with Crippen LogP contribution in [0.15, 0.2) is 30.3 Å². The van der Waals surface area contributed by atoms with Crippen LogP contribution >= 0.6 is 0 Å². The van der Waals surface area contributed by atoms with Crippen molar-refractivity contribution in [2.75, 3.05) is 5.73 Å². The molecule has 0 aliphatic rings. The molecule has 0 spiro atoms. The van der Waals surface area contributed by atoms with Crippen molar-refractivity contribution in [3.63, 3.8) is 0 Å². The molecule has 2 aromatic rings. The second-order valence-corrected chi connectivity index (χ2v) is 4.53. The second kappa shape index (κ2) is 4.13. The van der Waals surface area contributed by atoms with Crippen LogP contribution in [-0.2, 0) is 0 Å². The molecule has 0 saturated carbocycles. The highest BCUT2D eigenvalue weighted by Crippen LogP contribution is 2.34. The third-order valence-electron chi connectivity index (χ3n) is 3.12. The first-order chi connectivity index (χ1) is 7.99. The minimum absolute atomic E-state index is 0.234. The summed E-state index contributed by atoms with van der Waals surface area (Å²) in [4.78, 5) is 0. The van der Waals surface area contributed by atoms with Crippen molar-refractivity contribution < 1.29 is 5.11 Å². The summed E-state index contributed by atoms with van der Waals surface area (Å²) in [5.74, 6) is 0.234. The van der Waals surface area contributed by atoms with Crippen LogP contribution in [0.25, 0.3) is 11.1 Å². The van der Waals surface area contributed by atoms with Gasteiger partial charge < -0.3 is 10.8 Å². The molecule has 2 rings (SSSR count). The number of rotatable bonds is 1. The van der Waals surface area contributed by atoms with Crippen LogP contribution in [0.5, 0.6) is 5.75 Å². The number of anilines is 1. The summed E-state index contributed by atoms with van der Waals surface area (Å²) in [6.45, 7) is 6.21. The first-order valence-corrected chi connectivity index (χ1v) is 5.66. The van der Waals surface area contributed by atoms with E-state index in [9.17, 15) is 5.11 Å². The number of phenols is 1. The van der Waals surface area contributed by atoms with Gasteiger partial charge in [0, 0.05) is 17.3 Å². The molecule has 3 N–H and O–H groups in total. The van der Waals surface area contributed by atoms with Gasteiger partial charge in [-0.2, -0.15) is 0 Å². The standard InChI is InChI=1S/C15H17NO/c1-9-6-10(2)11(3)14(7-9)13-5-4-12(16)8-15(13)17/h4-8,17H,16H2,1-3H3. The van der Waals surface area contributed by atoms with Gasteiger partial charge in [0.25, 0.3) is 0 Å². The quantitative estimate of drug-likeness (QED) is 0.732. The molecule has 0 amide bonds. The van der Waals surface area contributed by atoms with E-state index in [2.05, 4.69) is 32.9 Å². The third kappa shape index (κ3) is 2.11. The molecule has 0 atom stereocenters. The fourth-order valence-electron chi connectivity index (χ4n) is 2.10. The minimum atomic E-state index is 0.234. The Morgan fingerprint density at radius 2 is 1.65 bits per heavy atom. The third-order valence-corrected chi connectivity index (χ3v) is 3.12. The molecule has 2 aromatic carbocycles. The highest BCUT2D eigenvalue weighted by Gasteiger charge is 2.09. The van der Waals surface area contributed by atoms with E-state index in [4.69, 9.17) is 5.73 Å². The largest absolute Gasteiger partial charge is 0.507 e.